The van der Waals surface area contributed by atoms with Crippen LogP contribution < -0.4 is 13.8 Å². The summed E-state index contributed by atoms with van der Waals surface area (Å²) in [5, 5.41) is 0. The SMILES string of the molecule is CCCCCCCCOC(=O)C(C)OC(=O)C(=C1Oc2ccccc2N1Cc1ccccc1)S(=O)Oc1ccccc1. The Morgan fingerprint density at radius 1 is 0.857 bits per heavy atom. The molecular weight excluding hydrogens is 554 g/mol. The number of esters is 2. The molecule has 42 heavy (non-hydrogen) atoms. The average Bonchev–Trinajstić information content (AvgIpc) is 3.35. The number of unbranched alkanes of at least 4 members (excludes halogenated alkanes) is 5. The van der Waals surface area contributed by atoms with Gasteiger partial charge in [-0.2, -0.15) is 0 Å². The number of rotatable bonds is 15. The van der Waals surface area contributed by atoms with E-state index < -0.39 is 29.1 Å². The van der Waals surface area contributed by atoms with E-state index in [9.17, 15) is 13.8 Å². The van der Waals surface area contributed by atoms with E-state index in [-0.39, 0.29) is 17.4 Å². The van der Waals surface area contributed by atoms with E-state index in [1.165, 1.54) is 19.8 Å². The molecule has 1 aliphatic heterocycles. The van der Waals surface area contributed by atoms with Gasteiger partial charge < -0.3 is 23.3 Å². The fourth-order valence-electron chi connectivity index (χ4n) is 4.39. The largest absolute Gasteiger partial charge is 0.463 e. The first-order valence-corrected chi connectivity index (χ1v) is 15.4. The topological polar surface area (TPSA) is 91.4 Å². The number of anilines is 1. The van der Waals surface area contributed by atoms with Gasteiger partial charge in [-0.15, -0.1) is 0 Å². The Kier molecular flexibility index (Phi) is 11.6. The number of fused-ring (bicyclic) bond motifs is 1. The number of hydrogen-bond acceptors (Lipinski definition) is 8. The summed E-state index contributed by atoms with van der Waals surface area (Å²) in [7, 11) is 0. The molecular formula is C33H37NO7S. The molecule has 0 aliphatic carbocycles. The highest BCUT2D eigenvalue weighted by Gasteiger charge is 2.38. The first-order chi connectivity index (χ1) is 20.5. The van der Waals surface area contributed by atoms with Crippen molar-refractivity contribution in [3.05, 3.63) is 101 Å². The molecule has 222 valence electrons. The predicted octanol–water partition coefficient (Wildman–Crippen LogP) is 6.83. The molecule has 8 nitrogen and oxygen atoms in total. The van der Waals surface area contributed by atoms with E-state index in [2.05, 4.69) is 6.92 Å². The van der Waals surface area contributed by atoms with Crippen LogP contribution in [0, 0.1) is 0 Å². The first kappa shape index (κ1) is 30.8. The zero-order chi connectivity index (χ0) is 29.7. The van der Waals surface area contributed by atoms with Gasteiger partial charge in [0.15, 0.2) is 11.9 Å². The molecule has 2 atom stereocenters. The van der Waals surface area contributed by atoms with Crippen molar-refractivity contribution in [3.63, 3.8) is 0 Å². The minimum absolute atomic E-state index is 0.00645. The van der Waals surface area contributed by atoms with Gasteiger partial charge in [-0.3, -0.25) is 0 Å². The van der Waals surface area contributed by atoms with Crippen LogP contribution in [-0.2, 0) is 36.7 Å². The van der Waals surface area contributed by atoms with E-state index in [1.54, 1.807) is 47.4 Å². The highest BCUT2D eigenvalue weighted by molar-refractivity contribution is 7.85. The molecule has 0 amide bonds. The Morgan fingerprint density at radius 2 is 1.50 bits per heavy atom. The summed E-state index contributed by atoms with van der Waals surface area (Å²) in [5.41, 5.74) is 1.62. The smallest absolute Gasteiger partial charge is 0.357 e. The van der Waals surface area contributed by atoms with Gasteiger partial charge in [-0.25, -0.2) is 13.8 Å². The number of carbonyl (C=O) groups is 2. The Hall–Kier alpha value is -4.11. The van der Waals surface area contributed by atoms with Crippen LogP contribution in [0.25, 0.3) is 0 Å². The van der Waals surface area contributed by atoms with Gasteiger partial charge in [0, 0.05) is 0 Å². The van der Waals surface area contributed by atoms with Crippen molar-refractivity contribution >= 4 is 28.7 Å². The van der Waals surface area contributed by atoms with Crippen LogP contribution in [0.15, 0.2) is 95.7 Å². The van der Waals surface area contributed by atoms with Crippen LogP contribution in [-0.4, -0.2) is 28.9 Å². The lowest BCUT2D eigenvalue weighted by Gasteiger charge is -2.21. The molecule has 0 saturated heterocycles. The maximum atomic E-state index is 13.7. The second-order valence-electron chi connectivity index (χ2n) is 9.89. The first-order valence-electron chi connectivity index (χ1n) is 14.3. The van der Waals surface area contributed by atoms with Crippen molar-refractivity contribution < 1.29 is 32.2 Å². The summed E-state index contributed by atoms with van der Waals surface area (Å²) in [5.74, 6) is -0.899. The summed E-state index contributed by atoms with van der Waals surface area (Å²) in [6.45, 7) is 4.15. The van der Waals surface area contributed by atoms with Gasteiger partial charge in [0.25, 0.3) is 11.1 Å². The molecule has 0 N–H and O–H groups in total. The van der Waals surface area contributed by atoms with Crippen molar-refractivity contribution in [2.45, 2.75) is 65.0 Å². The Balaban J connectivity index is 1.56. The average molecular weight is 592 g/mol. The molecule has 0 aromatic heterocycles. The third-order valence-corrected chi connectivity index (χ3v) is 7.63. The van der Waals surface area contributed by atoms with E-state index in [0.717, 1.165) is 31.2 Å². The molecule has 3 aromatic rings. The highest BCUT2D eigenvalue weighted by atomic mass is 32.2. The standard InChI is InChI=1S/C33H37NO7S/c1-3-4-5-6-7-16-23-38-32(35)25(2)39-33(36)30(42(37)41-27-19-12-9-13-20-27)31-34(24-26-17-10-8-11-18-26)28-21-14-15-22-29(28)40-31/h8-15,17-22,25H,3-7,16,23-24H2,1-2H3. The molecule has 0 fully saturated rings. The van der Waals surface area contributed by atoms with Gasteiger partial charge in [-0.1, -0.05) is 99.7 Å². The van der Waals surface area contributed by atoms with E-state index >= 15 is 0 Å². The molecule has 1 aliphatic rings. The number of hydrogen-bond donors (Lipinski definition) is 0. The second kappa shape index (κ2) is 15.8. The fourth-order valence-corrected chi connectivity index (χ4v) is 5.24. The minimum atomic E-state index is -2.35. The van der Waals surface area contributed by atoms with Gasteiger partial charge in [0.1, 0.15) is 5.75 Å². The molecule has 9 heteroatoms. The van der Waals surface area contributed by atoms with Gasteiger partial charge in [-0.05, 0) is 43.2 Å². The maximum absolute atomic E-state index is 13.7. The Labute approximate surface area is 249 Å². The van der Waals surface area contributed by atoms with Crippen molar-refractivity contribution in [2.75, 3.05) is 11.5 Å². The number of para-hydroxylation sites is 3. The molecule has 4 rings (SSSR count). The third kappa shape index (κ3) is 8.45. The van der Waals surface area contributed by atoms with Crippen molar-refractivity contribution in [3.8, 4) is 11.5 Å². The molecule has 0 saturated carbocycles. The lowest BCUT2D eigenvalue weighted by molar-refractivity contribution is -0.164. The number of nitrogens with zero attached hydrogens (tertiary/aromatic N) is 1. The van der Waals surface area contributed by atoms with Crippen LogP contribution in [0.5, 0.6) is 11.5 Å². The molecule has 0 bridgehead atoms. The zero-order valence-corrected chi connectivity index (χ0v) is 24.8. The second-order valence-corrected chi connectivity index (χ2v) is 10.9. The number of benzene rings is 3. The molecule has 2 unspecified atom stereocenters. The third-order valence-electron chi connectivity index (χ3n) is 6.61. The monoisotopic (exact) mass is 591 g/mol. The lowest BCUT2D eigenvalue weighted by atomic mass is 10.1. The Bertz CT molecular complexity index is 1380. The van der Waals surface area contributed by atoms with Crippen molar-refractivity contribution in [1.82, 2.24) is 0 Å². The summed E-state index contributed by atoms with van der Waals surface area (Å²) in [6, 6.07) is 25.4. The zero-order valence-electron chi connectivity index (χ0n) is 24.0. The molecule has 1 heterocycles. The minimum Gasteiger partial charge on any atom is -0.463 e. The van der Waals surface area contributed by atoms with Crippen LogP contribution in [0.4, 0.5) is 5.69 Å². The Morgan fingerprint density at radius 3 is 2.24 bits per heavy atom. The molecule has 3 aromatic carbocycles. The molecule has 0 radical (unpaired) electrons. The normalized spacial score (nSPS) is 14.8. The van der Waals surface area contributed by atoms with Gasteiger partial charge in [0.05, 0.1) is 18.8 Å². The highest BCUT2D eigenvalue weighted by Crippen LogP contribution is 2.41. The summed E-state index contributed by atoms with van der Waals surface area (Å²) in [4.78, 5) is 27.7. The van der Waals surface area contributed by atoms with E-state index in [1.807, 2.05) is 42.5 Å². The summed E-state index contributed by atoms with van der Waals surface area (Å²) in [6.07, 6.45) is 5.07. The van der Waals surface area contributed by atoms with Crippen LogP contribution in [0.2, 0.25) is 0 Å². The van der Waals surface area contributed by atoms with Crippen LogP contribution in [0.3, 0.4) is 0 Å². The van der Waals surface area contributed by atoms with Gasteiger partial charge in [0.2, 0.25) is 10.8 Å². The summed E-state index contributed by atoms with van der Waals surface area (Å²) >= 11 is -2.35. The van der Waals surface area contributed by atoms with Gasteiger partial charge >= 0.3 is 11.9 Å². The number of ether oxygens (including phenoxy) is 3. The quantitative estimate of drug-likeness (QED) is 0.108. The van der Waals surface area contributed by atoms with Crippen molar-refractivity contribution in [2.24, 2.45) is 0 Å². The van der Waals surface area contributed by atoms with E-state index in [0.29, 0.717) is 23.7 Å². The maximum Gasteiger partial charge on any atom is 0.357 e. The van der Waals surface area contributed by atoms with Crippen LogP contribution >= 0.6 is 0 Å². The van der Waals surface area contributed by atoms with Crippen LogP contribution in [0.1, 0.15) is 57.9 Å². The number of carbonyl (C=O) groups excluding carboxylic acids is 2. The lowest BCUT2D eigenvalue weighted by Crippen LogP contribution is -2.32. The predicted molar refractivity (Wildman–Crippen MR) is 162 cm³/mol. The summed E-state index contributed by atoms with van der Waals surface area (Å²) < 4.78 is 36.3. The fraction of sp³-hybridized carbons (Fsp3) is 0.333. The molecule has 0 spiro atoms. The van der Waals surface area contributed by atoms with Crippen molar-refractivity contribution in [1.29, 1.82) is 0 Å². The van der Waals surface area contributed by atoms with E-state index in [4.69, 9.17) is 18.4 Å².